The summed E-state index contributed by atoms with van der Waals surface area (Å²) in [5.41, 5.74) is 4.35. The Labute approximate surface area is 228 Å². The molecule has 10 heteroatoms. The van der Waals surface area contributed by atoms with Crippen LogP contribution in [0.15, 0.2) is 60.0 Å². The quantitative estimate of drug-likeness (QED) is 0.309. The highest BCUT2D eigenvalue weighted by atomic mass is 32.2. The Morgan fingerprint density at radius 1 is 1.11 bits per heavy atom. The monoisotopic (exact) mass is 534 g/mol. The number of morpholine rings is 1. The lowest BCUT2D eigenvalue weighted by atomic mass is 10.1. The summed E-state index contributed by atoms with van der Waals surface area (Å²) >= 11 is 1.28. The van der Waals surface area contributed by atoms with Crippen molar-refractivity contribution in [2.45, 2.75) is 44.9 Å². The van der Waals surface area contributed by atoms with Crippen molar-refractivity contribution in [3.05, 3.63) is 71.8 Å². The number of rotatable bonds is 10. The third kappa shape index (κ3) is 7.52. The smallest absolute Gasteiger partial charge is 0.247 e. The first-order chi connectivity index (χ1) is 18.4. The van der Waals surface area contributed by atoms with Gasteiger partial charge in [0.1, 0.15) is 6.04 Å². The van der Waals surface area contributed by atoms with E-state index in [1.54, 1.807) is 17.3 Å². The maximum atomic E-state index is 13.5. The van der Waals surface area contributed by atoms with Gasteiger partial charge in [-0.15, -0.1) is 0 Å². The zero-order chi connectivity index (χ0) is 26.9. The van der Waals surface area contributed by atoms with E-state index in [0.717, 1.165) is 35.7 Å². The first-order valence-corrected chi connectivity index (χ1v) is 13.8. The average Bonchev–Trinajstić information content (AvgIpc) is 2.92. The van der Waals surface area contributed by atoms with Crippen LogP contribution in [-0.4, -0.2) is 69.8 Å². The summed E-state index contributed by atoms with van der Waals surface area (Å²) < 4.78 is 5.43. The first kappa shape index (κ1) is 27.5. The molecule has 0 aliphatic carbocycles. The van der Waals surface area contributed by atoms with Crippen molar-refractivity contribution in [1.29, 1.82) is 0 Å². The number of nitrogens with one attached hydrogen (secondary N) is 1. The molecule has 200 valence electrons. The minimum Gasteiger partial charge on any atom is -0.378 e. The summed E-state index contributed by atoms with van der Waals surface area (Å²) in [6.45, 7) is 9.12. The molecule has 1 N–H and O–H groups in total. The number of hydrogen-bond acceptors (Lipinski definition) is 8. The second-order valence-corrected chi connectivity index (χ2v) is 10.1. The number of anilines is 2. The second kappa shape index (κ2) is 13.3. The van der Waals surface area contributed by atoms with Gasteiger partial charge in [-0.3, -0.25) is 14.6 Å². The first-order valence-electron chi connectivity index (χ1n) is 12.8. The summed E-state index contributed by atoms with van der Waals surface area (Å²) in [7, 11) is 0. The predicted octanol–water partition coefficient (Wildman–Crippen LogP) is 3.86. The molecule has 0 bridgehead atoms. The van der Waals surface area contributed by atoms with Gasteiger partial charge in [0.15, 0.2) is 5.16 Å². The Hall–Kier alpha value is -3.50. The third-order valence-corrected chi connectivity index (χ3v) is 7.09. The molecule has 3 heterocycles. The van der Waals surface area contributed by atoms with Crippen molar-refractivity contribution in [3.63, 3.8) is 0 Å². The van der Waals surface area contributed by atoms with Crippen molar-refractivity contribution in [2.24, 2.45) is 0 Å². The maximum Gasteiger partial charge on any atom is 0.247 e. The number of aromatic nitrogens is 3. The van der Waals surface area contributed by atoms with Gasteiger partial charge in [-0.05, 0) is 62.2 Å². The minimum absolute atomic E-state index is 0.126. The molecule has 3 aromatic rings. The van der Waals surface area contributed by atoms with E-state index < -0.39 is 6.04 Å². The van der Waals surface area contributed by atoms with E-state index in [1.165, 1.54) is 11.8 Å². The number of benzene rings is 1. The molecule has 1 fully saturated rings. The molecule has 9 nitrogen and oxygen atoms in total. The average molecular weight is 535 g/mol. The molecule has 0 unspecified atom stereocenters. The molecule has 0 spiro atoms. The van der Waals surface area contributed by atoms with Gasteiger partial charge in [0.25, 0.3) is 0 Å². The van der Waals surface area contributed by atoms with E-state index in [-0.39, 0.29) is 24.1 Å². The largest absolute Gasteiger partial charge is 0.378 e. The van der Waals surface area contributed by atoms with Crippen LogP contribution in [0, 0.1) is 13.8 Å². The summed E-state index contributed by atoms with van der Waals surface area (Å²) in [5.74, 6) is -0.260. The zero-order valence-electron chi connectivity index (χ0n) is 22.1. The molecular weight excluding hydrogens is 500 g/mol. The van der Waals surface area contributed by atoms with Crippen LogP contribution < -0.4 is 10.2 Å². The van der Waals surface area contributed by atoms with Crippen LogP contribution in [0.25, 0.3) is 0 Å². The van der Waals surface area contributed by atoms with Gasteiger partial charge < -0.3 is 19.9 Å². The number of pyridine rings is 1. The Bertz CT molecular complexity index is 1200. The van der Waals surface area contributed by atoms with Crippen molar-refractivity contribution in [3.8, 4) is 0 Å². The number of nitrogens with zero attached hydrogens (tertiary/aromatic N) is 5. The lowest BCUT2D eigenvalue weighted by molar-refractivity contribution is -0.137. The van der Waals surface area contributed by atoms with E-state index >= 15 is 0 Å². The second-order valence-electron chi connectivity index (χ2n) is 9.16. The molecular formula is C28H34N6O3S. The Morgan fingerprint density at radius 2 is 1.82 bits per heavy atom. The molecule has 2 aromatic heterocycles. The number of hydrogen-bond donors (Lipinski definition) is 1. The van der Waals surface area contributed by atoms with E-state index in [4.69, 9.17) is 4.74 Å². The van der Waals surface area contributed by atoms with Crippen LogP contribution >= 0.6 is 11.8 Å². The molecule has 1 aliphatic heterocycles. The number of aryl methyl sites for hydroxylation is 2. The van der Waals surface area contributed by atoms with Crippen LogP contribution in [0.5, 0.6) is 0 Å². The molecule has 38 heavy (non-hydrogen) atoms. The summed E-state index contributed by atoms with van der Waals surface area (Å²) in [5, 5.41) is 3.56. The van der Waals surface area contributed by atoms with Crippen LogP contribution in [0.4, 0.5) is 11.4 Å². The van der Waals surface area contributed by atoms with Crippen LogP contribution in [-0.2, 0) is 20.9 Å². The van der Waals surface area contributed by atoms with Gasteiger partial charge >= 0.3 is 0 Å². The highest BCUT2D eigenvalue weighted by molar-refractivity contribution is 7.99. The van der Waals surface area contributed by atoms with Gasteiger partial charge in [0.05, 0.1) is 19.0 Å². The number of thioether (sulfide) groups is 1. The van der Waals surface area contributed by atoms with E-state index in [1.807, 2.05) is 63.2 Å². The third-order valence-electron chi connectivity index (χ3n) is 6.26. The van der Waals surface area contributed by atoms with Crippen molar-refractivity contribution in [1.82, 2.24) is 19.9 Å². The number of ether oxygens (including phenoxy) is 1. The Balaban J connectivity index is 1.47. The zero-order valence-corrected chi connectivity index (χ0v) is 22.9. The Morgan fingerprint density at radius 3 is 2.45 bits per heavy atom. The summed E-state index contributed by atoms with van der Waals surface area (Å²) in [4.78, 5) is 43.9. The van der Waals surface area contributed by atoms with Crippen LogP contribution in [0.3, 0.4) is 0 Å². The van der Waals surface area contributed by atoms with E-state index in [2.05, 4.69) is 25.2 Å². The fourth-order valence-corrected chi connectivity index (χ4v) is 5.21. The standard InChI is InChI=1S/C28H34N6O3S/c1-4-25(27(36)32-23-7-9-24(10-8-23)33-12-14-37-15-13-33)34(18-22-6-5-11-29-17-22)26(35)19-38-28-30-20(2)16-21(3)31-28/h5-11,16-17,25H,4,12-15,18-19H2,1-3H3,(H,32,36)/t25-/m1/s1. The number of amides is 2. The minimum atomic E-state index is -0.651. The molecule has 2 amide bonds. The highest BCUT2D eigenvalue weighted by Crippen LogP contribution is 2.22. The topological polar surface area (TPSA) is 101 Å². The lowest BCUT2D eigenvalue weighted by Crippen LogP contribution is -2.47. The highest BCUT2D eigenvalue weighted by Gasteiger charge is 2.29. The molecule has 1 saturated heterocycles. The van der Waals surface area contributed by atoms with Crippen LogP contribution in [0.2, 0.25) is 0 Å². The van der Waals surface area contributed by atoms with Gasteiger partial charge in [-0.1, -0.05) is 24.8 Å². The fraction of sp³-hybridized carbons (Fsp3) is 0.393. The van der Waals surface area contributed by atoms with E-state index in [9.17, 15) is 9.59 Å². The number of carbonyl (C=O) groups is 2. The predicted molar refractivity (Wildman–Crippen MR) is 149 cm³/mol. The van der Waals surface area contributed by atoms with Gasteiger partial charge in [0.2, 0.25) is 11.8 Å². The lowest BCUT2D eigenvalue weighted by Gasteiger charge is -2.31. The maximum absolute atomic E-state index is 13.5. The molecule has 0 saturated carbocycles. The normalized spacial score (nSPS) is 14.1. The number of carbonyl (C=O) groups excluding carboxylic acids is 2. The van der Waals surface area contributed by atoms with Gasteiger partial charge in [-0.25, -0.2) is 9.97 Å². The van der Waals surface area contributed by atoms with Crippen molar-refractivity contribution >= 4 is 35.0 Å². The molecule has 1 aliphatic rings. The van der Waals surface area contributed by atoms with Crippen molar-refractivity contribution in [2.75, 3.05) is 42.3 Å². The fourth-order valence-electron chi connectivity index (χ4n) is 4.38. The van der Waals surface area contributed by atoms with Crippen LogP contribution in [0.1, 0.15) is 30.3 Å². The summed E-state index contributed by atoms with van der Waals surface area (Å²) in [6, 6.07) is 12.8. The molecule has 0 radical (unpaired) electrons. The molecule has 4 rings (SSSR count). The van der Waals surface area contributed by atoms with Gasteiger partial charge in [0, 0.05) is 54.8 Å². The SMILES string of the molecule is CC[C@H](C(=O)Nc1ccc(N2CCOCC2)cc1)N(Cc1cccnc1)C(=O)CSc1nc(C)cc(C)n1. The summed E-state index contributed by atoms with van der Waals surface area (Å²) in [6.07, 6.45) is 3.87. The molecule has 1 atom stereocenters. The van der Waals surface area contributed by atoms with Crippen molar-refractivity contribution < 1.29 is 14.3 Å². The van der Waals surface area contributed by atoms with Gasteiger partial charge in [-0.2, -0.15) is 0 Å². The Kier molecular flexibility index (Phi) is 9.67. The van der Waals surface area contributed by atoms with E-state index in [0.29, 0.717) is 30.5 Å². The molecule has 1 aromatic carbocycles.